The number of hydrogen-bond acceptors (Lipinski definition) is 4. The minimum atomic E-state index is -0.975. The molecular weight excluding hydrogens is 230 g/mol. The summed E-state index contributed by atoms with van der Waals surface area (Å²) < 4.78 is 10.8. The maximum absolute atomic E-state index is 11.5. The van der Waals surface area contributed by atoms with Gasteiger partial charge in [-0.15, -0.1) is 0 Å². The number of phenolic OH excluding ortho intramolecular Hbond substituents is 2. The van der Waals surface area contributed by atoms with E-state index in [0.717, 1.165) is 0 Å². The van der Waals surface area contributed by atoms with Crippen molar-refractivity contribution in [2.45, 2.75) is 0 Å². The number of carbonyl (C=O) groups excluding carboxylic acids is 1. The van der Waals surface area contributed by atoms with E-state index in [-0.39, 0.29) is 23.6 Å². The fourth-order valence-electron chi connectivity index (χ4n) is 1.11. The molecule has 88 valence electrons. The van der Waals surface area contributed by atoms with Gasteiger partial charge in [0.15, 0.2) is 0 Å². The molecule has 1 atom stereocenters. The second kappa shape index (κ2) is 5.50. The molecule has 0 aliphatic heterocycles. The summed E-state index contributed by atoms with van der Waals surface area (Å²) in [6.07, 6.45) is 1.54. The topological polar surface area (TPSA) is 86.6 Å². The number of hydrogen-bond donors (Lipinski definition) is 3. The Morgan fingerprint density at radius 2 is 2.12 bits per heavy atom. The summed E-state index contributed by atoms with van der Waals surface area (Å²) in [7, 11) is -0.975. The van der Waals surface area contributed by atoms with Crippen molar-refractivity contribution in [1.82, 2.24) is 5.32 Å². The SMILES string of the molecule is CS(=O)CCNC(=O)c1cc(O)ccc1O. The van der Waals surface area contributed by atoms with Gasteiger partial charge in [-0.2, -0.15) is 0 Å². The molecule has 1 aromatic rings. The van der Waals surface area contributed by atoms with Gasteiger partial charge < -0.3 is 15.5 Å². The predicted molar refractivity (Wildman–Crippen MR) is 61.0 cm³/mol. The van der Waals surface area contributed by atoms with Crippen LogP contribution < -0.4 is 5.32 Å². The fraction of sp³-hybridized carbons (Fsp3) is 0.300. The first kappa shape index (κ1) is 12.5. The van der Waals surface area contributed by atoms with E-state index in [1.165, 1.54) is 24.5 Å². The minimum Gasteiger partial charge on any atom is -0.508 e. The summed E-state index contributed by atoms with van der Waals surface area (Å²) in [6, 6.07) is 3.70. The lowest BCUT2D eigenvalue weighted by Crippen LogP contribution is -2.27. The molecule has 0 saturated carbocycles. The molecule has 0 aliphatic carbocycles. The zero-order valence-electron chi connectivity index (χ0n) is 8.77. The second-order valence-electron chi connectivity index (χ2n) is 3.23. The van der Waals surface area contributed by atoms with Crippen molar-refractivity contribution in [2.24, 2.45) is 0 Å². The Labute approximate surface area is 95.6 Å². The Hall–Kier alpha value is -1.56. The van der Waals surface area contributed by atoms with E-state index in [2.05, 4.69) is 5.32 Å². The highest BCUT2D eigenvalue weighted by Gasteiger charge is 2.11. The summed E-state index contributed by atoms with van der Waals surface area (Å²) >= 11 is 0. The zero-order chi connectivity index (χ0) is 12.1. The molecule has 0 bridgehead atoms. The molecule has 0 radical (unpaired) electrons. The van der Waals surface area contributed by atoms with Crippen LogP contribution in [0.15, 0.2) is 18.2 Å². The number of carbonyl (C=O) groups is 1. The number of nitrogens with one attached hydrogen (secondary N) is 1. The van der Waals surface area contributed by atoms with Gasteiger partial charge in [0.1, 0.15) is 11.5 Å². The van der Waals surface area contributed by atoms with Gasteiger partial charge in [0.2, 0.25) is 0 Å². The van der Waals surface area contributed by atoms with Crippen LogP contribution in [0, 0.1) is 0 Å². The molecule has 1 unspecified atom stereocenters. The van der Waals surface area contributed by atoms with Gasteiger partial charge in [0.25, 0.3) is 5.91 Å². The molecule has 0 spiro atoms. The molecule has 1 amide bonds. The highest BCUT2D eigenvalue weighted by Crippen LogP contribution is 2.21. The van der Waals surface area contributed by atoms with Crippen LogP contribution in [0.2, 0.25) is 0 Å². The molecule has 0 fully saturated rings. The molecule has 6 heteroatoms. The Bertz CT molecular complexity index is 419. The predicted octanol–water partition coefficient (Wildman–Crippen LogP) is 0.206. The summed E-state index contributed by atoms with van der Waals surface area (Å²) in [6.45, 7) is 0.261. The van der Waals surface area contributed by atoms with Crippen LogP contribution in [0.5, 0.6) is 11.5 Å². The van der Waals surface area contributed by atoms with E-state index in [1.807, 2.05) is 0 Å². The first-order valence-corrected chi connectivity index (χ1v) is 6.33. The quantitative estimate of drug-likeness (QED) is 0.660. The molecule has 5 nitrogen and oxygen atoms in total. The minimum absolute atomic E-state index is 0.00175. The molecule has 3 N–H and O–H groups in total. The third kappa shape index (κ3) is 3.54. The maximum atomic E-state index is 11.5. The largest absolute Gasteiger partial charge is 0.508 e. The Balaban J connectivity index is 2.65. The summed E-state index contributed by atoms with van der Waals surface area (Å²) in [5, 5.41) is 21.0. The van der Waals surface area contributed by atoms with E-state index < -0.39 is 16.7 Å². The number of phenols is 2. The molecule has 0 aromatic heterocycles. The van der Waals surface area contributed by atoms with Crippen LogP contribution >= 0.6 is 0 Å². The summed E-state index contributed by atoms with van der Waals surface area (Å²) in [5.74, 6) is -0.445. The molecule has 0 heterocycles. The Morgan fingerprint density at radius 3 is 2.75 bits per heavy atom. The molecule has 0 aliphatic rings. The smallest absolute Gasteiger partial charge is 0.255 e. The van der Waals surface area contributed by atoms with Crippen molar-refractivity contribution in [2.75, 3.05) is 18.6 Å². The Kier molecular flexibility index (Phi) is 4.30. The van der Waals surface area contributed by atoms with E-state index in [4.69, 9.17) is 5.11 Å². The molecule has 16 heavy (non-hydrogen) atoms. The highest BCUT2D eigenvalue weighted by molar-refractivity contribution is 7.84. The van der Waals surface area contributed by atoms with Gasteiger partial charge in [-0.1, -0.05) is 0 Å². The van der Waals surface area contributed by atoms with E-state index >= 15 is 0 Å². The highest BCUT2D eigenvalue weighted by atomic mass is 32.2. The fourth-order valence-corrected chi connectivity index (χ4v) is 1.50. The van der Waals surface area contributed by atoms with Crippen LogP contribution in [-0.4, -0.2) is 38.9 Å². The maximum Gasteiger partial charge on any atom is 0.255 e. The van der Waals surface area contributed by atoms with Gasteiger partial charge in [0.05, 0.1) is 5.56 Å². The van der Waals surface area contributed by atoms with Gasteiger partial charge >= 0.3 is 0 Å². The molecule has 1 rings (SSSR count). The van der Waals surface area contributed by atoms with Gasteiger partial charge in [-0.25, -0.2) is 0 Å². The summed E-state index contributed by atoms with van der Waals surface area (Å²) in [4.78, 5) is 11.5. The lowest BCUT2D eigenvalue weighted by atomic mass is 10.2. The lowest BCUT2D eigenvalue weighted by molar-refractivity contribution is 0.0953. The van der Waals surface area contributed by atoms with Crippen molar-refractivity contribution in [3.63, 3.8) is 0 Å². The molecule has 1 aromatic carbocycles. The van der Waals surface area contributed by atoms with Crippen molar-refractivity contribution in [1.29, 1.82) is 0 Å². The second-order valence-corrected chi connectivity index (χ2v) is 4.79. The Morgan fingerprint density at radius 1 is 1.44 bits per heavy atom. The van der Waals surface area contributed by atoms with Crippen molar-refractivity contribution >= 4 is 16.7 Å². The van der Waals surface area contributed by atoms with Crippen LogP contribution in [0.3, 0.4) is 0 Å². The van der Waals surface area contributed by atoms with Crippen LogP contribution in [-0.2, 0) is 10.8 Å². The van der Waals surface area contributed by atoms with Gasteiger partial charge in [0, 0.05) is 29.4 Å². The average Bonchev–Trinajstić information content (AvgIpc) is 2.21. The number of benzene rings is 1. The first-order valence-electron chi connectivity index (χ1n) is 4.61. The molecule has 0 saturated heterocycles. The number of aromatic hydroxyl groups is 2. The third-order valence-corrected chi connectivity index (χ3v) is 2.68. The van der Waals surface area contributed by atoms with Gasteiger partial charge in [-0.05, 0) is 18.2 Å². The van der Waals surface area contributed by atoms with Crippen LogP contribution in [0.25, 0.3) is 0 Å². The van der Waals surface area contributed by atoms with Crippen molar-refractivity contribution < 1.29 is 19.2 Å². The van der Waals surface area contributed by atoms with Crippen LogP contribution in [0.1, 0.15) is 10.4 Å². The third-order valence-electron chi connectivity index (χ3n) is 1.90. The number of amides is 1. The van der Waals surface area contributed by atoms with E-state index in [0.29, 0.717) is 5.75 Å². The van der Waals surface area contributed by atoms with Crippen molar-refractivity contribution in [3.05, 3.63) is 23.8 Å². The summed E-state index contributed by atoms with van der Waals surface area (Å²) in [5.41, 5.74) is 0.00175. The lowest BCUT2D eigenvalue weighted by Gasteiger charge is -2.06. The average molecular weight is 243 g/mol. The number of rotatable bonds is 4. The van der Waals surface area contributed by atoms with Crippen LogP contribution in [0.4, 0.5) is 0 Å². The van der Waals surface area contributed by atoms with Gasteiger partial charge in [-0.3, -0.25) is 9.00 Å². The normalized spacial score (nSPS) is 12.1. The van der Waals surface area contributed by atoms with E-state index in [9.17, 15) is 14.1 Å². The zero-order valence-corrected chi connectivity index (χ0v) is 9.58. The van der Waals surface area contributed by atoms with Crippen molar-refractivity contribution in [3.8, 4) is 11.5 Å². The van der Waals surface area contributed by atoms with E-state index in [1.54, 1.807) is 0 Å². The monoisotopic (exact) mass is 243 g/mol. The first-order chi connectivity index (χ1) is 7.50. The molecular formula is C10H13NO4S. The standard InChI is InChI=1S/C10H13NO4S/c1-16(15)5-4-11-10(14)8-6-7(12)2-3-9(8)13/h2-3,6,12-13H,4-5H2,1H3,(H,11,14).